The Morgan fingerprint density at radius 2 is 1.93 bits per heavy atom. The van der Waals surface area contributed by atoms with E-state index >= 15 is 0 Å². The maximum Gasteiger partial charge on any atom is 0.410 e. The number of nitrogens with zero attached hydrogens (tertiary/aromatic N) is 5. The van der Waals surface area contributed by atoms with Gasteiger partial charge in [0, 0.05) is 24.5 Å². The summed E-state index contributed by atoms with van der Waals surface area (Å²) in [7, 11) is 0. The highest BCUT2D eigenvalue weighted by Crippen LogP contribution is 2.40. The van der Waals surface area contributed by atoms with Crippen LogP contribution in [0.15, 0.2) is 35.4 Å². The van der Waals surface area contributed by atoms with Gasteiger partial charge in [-0.05, 0) is 38.3 Å². The fourth-order valence-corrected chi connectivity index (χ4v) is 3.66. The summed E-state index contributed by atoms with van der Waals surface area (Å²) >= 11 is 0. The largest absolute Gasteiger partial charge is 0.445 e. The molecule has 1 unspecified atom stereocenters. The molecule has 1 atom stereocenters. The molecule has 2 aliphatic rings. The van der Waals surface area contributed by atoms with Gasteiger partial charge in [0.1, 0.15) is 12.2 Å². The average Bonchev–Trinajstić information content (AvgIpc) is 2.98. The van der Waals surface area contributed by atoms with Gasteiger partial charge in [-0.3, -0.25) is 4.90 Å². The summed E-state index contributed by atoms with van der Waals surface area (Å²) < 4.78 is 10.9. The normalized spacial score (nSPS) is 20.3. The molecule has 0 aliphatic carbocycles. The van der Waals surface area contributed by atoms with Gasteiger partial charge in [-0.2, -0.15) is 0 Å². The summed E-state index contributed by atoms with van der Waals surface area (Å²) in [5, 5.41) is 3.77. The predicted molar refractivity (Wildman–Crippen MR) is 101 cm³/mol. The SMILES string of the molecule is CC(C)(C)OC(=O)N1CC(N=[N+]=[N-])CC12CN(C(=O)OCc1ccccc1)C2. The van der Waals surface area contributed by atoms with E-state index in [9.17, 15) is 9.59 Å². The van der Waals surface area contributed by atoms with E-state index < -0.39 is 23.3 Å². The standard InChI is InChI=1S/C19H25N5O4/c1-18(2,3)28-17(26)24-10-15(21-22-20)9-19(24)12-23(13-19)16(25)27-11-14-7-5-4-6-8-14/h4-8,15H,9-13H2,1-3H3. The van der Waals surface area contributed by atoms with Gasteiger partial charge in [-0.25, -0.2) is 9.59 Å². The molecule has 1 aromatic rings. The Labute approximate surface area is 163 Å². The highest BCUT2D eigenvalue weighted by atomic mass is 16.6. The summed E-state index contributed by atoms with van der Waals surface area (Å²) in [6.07, 6.45) is -0.384. The summed E-state index contributed by atoms with van der Waals surface area (Å²) in [5.41, 5.74) is 8.46. The third-order valence-corrected chi connectivity index (χ3v) is 4.84. The number of amides is 2. The molecule has 2 aliphatic heterocycles. The second-order valence-electron chi connectivity index (χ2n) is 8.27. The first-order valence-corrected chi connectivity index (χ1v) is 9.23. The van der Waals surface area contributed by atoms with Crippen LogP contribution in [0.3, 0.4) is 0 Å². The zero-order valence-electron chi connectivity index (χ0n) is 16.4. The molecule has 2 heterocycles. The second-order valence-corrected chi connectivity index (χ2v) is 8.27. The Morgan fingerprint density at radius 3 is 2.54 bits per heavy atom. The van der Waals surface area contributed by atoms with Crippen molar-refractivity contribution in [2.24, 2.45) is 5.11 Å². The van der Waals surface area contributed by atoms with Gasteiger partial charge in [0.25, 0.3) is 0 Å². The number of benzene rings is 1. The lowest BCUT2D eigenvalue weighted by molar-refractivity contribution is -0.0440. The van der Waals surface area contributed by atoms with E-state index in [1.54, 1.807) is 30.6 Å². The number of azide groups is 1. The molecule has 0 radical (unpaired) electrons. The summed E-state index contributed by atoms with van der Waals surface area (Å²) in [6.45, 7) is 6.53. The molecule has 150 valence electrons. The van der Waals surface area contributed by atoms with Gasteiger partial charge in [0.15, 0.2) is 0 Å². The molecule has 1 spiro atoms. The zero-order chi connectivity index (χ0) is 20.4. The third-order valence-electron chi connectivity index (χ3n) is 4.84. The van der Waals surface area contributed by atoms with E-state index in [1.807, 2.05) is 30.3 Å². The smallest absolute Gasteiger partial charge is 0.410 e. The maximum atomic E-state index is 12.6. The van der Waals surface area contributed by atoms with Crippen LogP contribution in [-0.4, -0.2) is 58.8 Å². The van der Waals surface area contributed by atoms with Crippen molar-refractivity contribution in [3.8, 4) is 0 Å². The molecule has 0 N–H and O–H groups in total. The van der Waals surface area contributed by atoms with Crippen molar-refractivity contribution >= 4 is 12.2 Å². The topological polar surface area (TPSA) is 108 Å². The van der Waals surface area contributed by atoms with Gasteiger partial charge >= 0.3 is 12.2 Å². The number of rotatable bonds is 3. The minimum absolute atomic E-state index is 0.195. The Bertz CT molecular complexity index is 779. The molecule has 1 aromatic carbocycles. The lowest BCUT2D eigenvalue weighted by atomic mass is 9.86. The van der Waals surface area contributed by atoms with Crippen molar-refractivity contribution in [1.82, 2.24) is 9.80 Å². The van der Waals surface area contributed by atoms with Crippen LogP contribution in [0.5, 0.6) is 0 Å². The van der Waals surface area contributed by atoms with Crippen LogP contribution in [0.1, 0.15) is 32.8 Å². The molecular formula is C19H25N5O4. The molecule has 9 heteroatoms. The molecule has 0 saturated carbocycles. The van der Waals surface area contributed by atoms with Crippen LogP contribution < -0.4 is 0 Å². The summed E-state index contributed by atoms with van der Waals surface area (Å²) in [4.78, 5) is 31.0. The van der Waals surface area contributed by atoms with E-state index in [4.69, 9.17) is 15.0 Å². The first-order valence-electron chi connectivity index (χ1n) is 9.23. The van der Waals surface area contributed by atoms with Crippen molar-refractivity contribution in [2.45, 2.75) is 51.0 Å². The lowest BCUT2D eigenvalue weighted by Gasteiger charge is -2.51. The third kappa shape index (κ3) is 4.31. The van der Waals surface area contributed by atoms with Crippen molar-refractivity contribution in [2.75, 3.05) is 19.6 Å². The molecule has 28 heavy (non-hydrogen) atoms. The van der Waals surface area contributed by atoms with Crippen LogP contribution in [-0.2, 0) is 16.1 Å². The van der Waals surface area contributed by atoms with Gasteiger partial charge < -0.3 is 14.4 Å². The number of hydrogen-bond acceptors (Lipinski definition) is 5. The van der Waals surface area contributed by atoms with Gasteiger partial charge in [0.05, 0.1) is 11.6 Å². The minimum atomic E-state index is -0.632. The number of ether oxygens (including phenoxy) is 2. The number of hydrogen-bond donors (Lipinski definition) is 0. The van der Waals surface area contributed by atoms with E-state index in [0.29, 0.717) is 19.5 Å². The van der Waals surface area contributed by atoms with Crippen molar-refractivity contribution in [1.29, 1.82) is 0 Å². The highest BCUT2D eigenvalue weighted by molar-refractivity contribution is 5.73. The number of likely N-dealkylation sites (tertiary alicyclic amines) is 2. The first kappa shape index (κ1) is 19.8. The molecule has 0 aromatic heterocycles. The Morgan fingerprint density at radius 1 is 1.25 bits per heavy atom. The van der Waals surface area contributed by atoms with Crippen LogP contribution in [0.25, 0.3) is 10.4 Å². The number of carbonyl (C=O) groups excluding carboxylic acids is 2. The number of carbonyl (C=O) groups is 2. The summed E-state index contributed by atoms with van der Waals surface area (Å²) in [5.74, 6) is 0. The molecule has 2 saturated heterocycles. The first-order chi connectivity index (χ1) is 13.2. The Balaban J connectivity index is 1.62. The molecule has 3 rings (SSSR count). The predicted octanol–water partition coefficient (Wildman–Crippen LogP) is 3.70. The quantitative estimate of drug-likeness (QED) is 0.447. The van der Waals surface area contributed by atoms with E-state index in [2.05, 4.69) is 10.0 Å². The van der Waals surface area contributed by atoms with Crippen molar-refractivity contribution in [3.05, 3.63) is 46.3 Å². The fourth-order valence-electron chi connectivity index (χ4n) is 3.66. The highest BCUT2D eigenvalue weighted by Gasteiger charge is 2.57. The second kappa shape index (κ2) is 7.59. The van der Waals surface area contributed by atoms with Crippen LogP contribution in [0.2, 0.25) is 0 Å². The molecule has 9 nitrogen and oxygen atoms in total. The fraction of sp³-hybridized carbons (Fsp3) is 0.579. The van der Waals surface area contributed by atoms with Crippen molar-refractivity contribution < 1.29 is 19.1 Å². The lowest BCUT2D eigenvalue weighted by Crippen LogP contribution is -2.70. The summed E-state index contributed by atoms with van der Waals surface area (Å²) in [6, 6.07) is 9.10. The van der Waals surface area contributed by atoms with E-state index in [-0.39, 0.29) is 19.2 Å². The average molecular weight is 387 g/mol. The van der Waals surface area contributed by atoms with E-state index in [1.165, 1.54) is 0 Å². The molecule has 0 bridgehead atoms. The van der Waals surface area contributed by atoms with Crippen LogP contribution in [0.4, 0.5) is 9.59 Å². The zero-order valence-corrected chi connectivity index (χ0v) is 16.4. The minimum Gasteiger partial charge on any atom is -0.445 e. The van der Waals surface area contributed by atoms with E-state index in [0.717, 1.165) is 5.56 Å². The van der Waals surface area contributed by atoms with Crippen LogP contribution in [0, 0.1) is 0 Å². The van der Waals surface area contributed by atoms with Gasteiger partial charge in [-0.15, -0.1) is 0 Å². The maximum absolute atomic E-state index is 12.6. The Kier molecular flexibility index (Phi) is 5.38. The van der Waals surface area contributed by atoms with Gasteiger partial charge in [-0.1, -0.05) is 35.4 Å². The van der Waals surface area contributed by atoms with Crippen molar-refractivity contribution in [3.63, 3.8) is 0 Å². The molecule has 2 fully saturated rings. The van der Waals surface area contributed by atoms with Gasteiger partial charge in [0.2, 0.25) is 0 Å². The molecule has 2 amide bonds. The monoisotopic (exact) mass is 387 g/mol. The molecular weight excluding hydrogens is 362 g/mol. The Hall–Kier alpha value is -2.93. The van der Waals surface area contributed by atoms with Crippen LogP contribution >= 0.6 is 0 Å².